The van der Waals surface area contributed by atoms with Crippen LogP contribution in [0, 0.1) is 0 Å². The van der Waals surface area contributed by atoms with Gasteiger partial charge in [0.05, 0.1) is 0 Å². The van der Waals surface area contributed by atoms with Crippen molar-refractivity contribution in [1.82, 2.24) is 0 Å². The molecule has 10 heavy (non-hydrogen) atoms. The molecule has 1 rings (SSSR count). The molecule has 0 aliphatic carbocycles. The van der Waals surface area contributed by atoms with E-state index in [9.17, 15) is 0 Å². The van der Waals surface area contributed by atoms with Crippen molar-refractivity contribution in [2.45, 2.75) is 13.8 Å². The number of aryl methyl sites for hydroxylation is 1. The van der Waals surface area contributed by atoms with Gasteiger partial charge in [-0.3, -0.25) is 0 Å². The Balaban J connectivity index is 0. The third kappa shape index (κ3) is 6.38. The minimum atomic E-state index is 0. The van der Waals surface area contributed by atoms with Gasteiger partial charge in [0.2, 0.25) is 0 Å². The smallest absolute Gasteiger partial charge is 0.168 e. The van der Waals surface area contributed by atoms with Crippen LogP contribution in [0.25, 0.3) is 0 Å². The van der Waals surface area contributed by atoms with Gasteiger partial charge >= 0.3 is 0 Å². The number of hydrogen-bond donors (Lipinski definition) is 0. The average molecular weight is 213 g/mol. The largest absolute Gasteiger partial charge is 0.208 e. The van der Waals surface area contributed by atoms with E-state index in [0.717, 1.165) is 0 Å². The van der Waals surface area contributed by atoms with Gasteiger partial charge in [-0.25, -0.2) is 4.57 Å². The predicted molar refractivity (Wildman–Crippen MR) is 39.0 cm³/mol. The van der Waals surface area contributed by atoms with E-state index in [1.54, 1.807) is 0 Å². The topological polar surface area (TPSA) is 3.88 Å². The molecule has 0 aliphatic rings. The van der Waals surface area contributed by atoms with E-state index in [0.29, 0.717) is 0 Å². The monoisotopic (exact) mass is 213 g/mol. The first-order valence-corrected chi connectivity index (χ1v) is 3.30. The van der Waals surface area contributed by atoms with Crippen molar-refractivity contribution in [2.75, 3.05) is 0 Å². The summed E-state index contributed by atoms with van der Waals surface area (Å²) in [7, 11) is 2.00. The second-order valence-electron chi connectivity index (χ2n) is 1.54. The summed E-state index contributed by atoms with van der Waals surface area (Å²) in [6.07, 6.45) is 4.00. The van der Waals surface area contributed by atoms with Crippen LogP contribution in [0.15, 0.2) is 30.6 Å². The molecule has 1 heterocycles. The molecule has 0 aromatic carbocycles. The van der Waals surface area contributed by atoms with E-state index in [1.165, 1.54) is 0 Å². The first-order valence-electron chi connectivity index (χ1n) is 3.30. The Kier molecular flexibility index (Phi) is 11.9. The Morgan fingerprint density at radius 2 is 1.30 bits per heavy atom. The number of rotatable bonds is 0. The SMILES string of the molecule is CC.C[n+]1ccccc1.[Y]. The Morgan fingerprint density at radius 1 is 0.900 bits per heavy atom. The van der Waals surface area contributed by atoms with Crippen LogP contribution in [0.3, 0.4) is 0 Å². The Bertz CT molecular complexity index is 139. The summed E-state index contributed by atoms with van der Waals surface area (Å²) < 4.78 is 2.00. The van der Waals surface area contributed by atoms with Crippen molar-refractivity contribution in [3.63, 3.8) is 0 Å². The molecule has 2 heteroatoms. The first-order chi connectivity index (χ1) is 4.39. The standard InChI is InChI=1S/C6H8N.C2H6.Y/c1-7-5-3-2-4-6-7;1-2;/h2-6H,1H3;1-2H3;/q+1;;. The van der Waals surface area contributed by atoms with E-state index in [2.05, 4.69) is 0 Å². The van der Waals surface area contributed by atoms with Gasteiger partial charge in [0.25, 0.3) is 0 Å². The molecule has 53 valence electrons. The van der Waals surface area contributed by atoms with E-state index in [4.69, 9.17) is 0 Å². The van der Waals surface area contributed by atoms with Gasteiger partial charge in [-0.05, 0) is 0 Å². The molecule has 1 nitrogen and oxygen atoms in total. The van der Waals surface area contributed by atoms with Gasteiger partial charge in [0.1, 0.15) is 7.05 Å². The Hall–Kier alpha value is 0.254. The van der Waals surface area contributed by atoms with Crippen LogP contribution in [0.4, 0.5) is 0 Å². The van der Waals surface area contributed by atoms with Gasteiger partial charge < -0.3 is 0 Å². The molecule has 0 spiro atoms. The molecular formula is C8H14NY+. The number of nitrogens with zero attached hydrogens (tertiary/aromatic N) is 1. The number of hydrogen-bond acceptors (Lipinski definition) is 0. The molecule has 1 radical (unpaired) electrons. The maximum absolute atomic E-state index is 2.00. The summed E-state index contributed by atoms with van der Waals surface area (Å²) in [5, 5.41) is 0. The van der Waals surface area contributed by atoms with Gasteiger partial charge in [-0.15, -0.1) is 0 Å². The second-order valence-corrected chi connectivity index (χ2v) is 1.54. The fraction of sp³-hybridized carbons (Fsp3) is 0.375. The fourth-order valence-electron chi connectivity index (χ4n) is 0.485. The summed E-state index contributed by atoms with van der Waals surface area (Å²) in [5.41, 5.74) is 0. The zero-order chi connectivity index (χ0) is 7.11. The van der Waals surface area contributed by atoms with E-state index in [1.807, 2.05) is 56.1 Å². The summed E-state index contributed by atoms with van der Waals surface area (Å²) in [5.74, 6) is 0. The van der Waals surface area contributed by atoms with Crippen LogP contribution in [-0.2, 0) is 39.8 Å². The summed E-state index contributed by atoms with van der Waals surface area (Å²) >= 11 is 0. The molecule has 0 bridgehead atoms. The van der Waals surface area contributed by atoms with E-state index < -0.39 is 0 Å². The second kappa shape index (κ2) is 9.25. The van der Waals surface area contributed by atoms with E-state index >= 15 is 0 Å². The van der Waals surface area contributed by atoms with Gasteiger partial charge in [0.15, 0.2) is 12.4 Å². The normalized spacial score (nSPS) is 6.70. The maximum atomic E-state index is 2.00. The average Bonchev–Trinajstić information content (AvgIpc) is 1.94. The first kappa shape index (κ1) is 12.9. The fourth-order valence-corrected chi connectivity index (χ4v) is 0.485. The van der Waals surface area contributed by atoms with Gasteiger partial charge in [-0.2, -0.15) is 0 Å². The summed E-state index contributed by atoms with van der Waals surface area (Å²) in [6, 6.07) is 6.00. The molecular weight excluding hydrogens is 199 g/mol. The van der Waals surface area contributed by atoms with Crippen LogP contribution >= 0.6 is 0 Å². The molecule has 1 aromatic rings. The minimum Gasteiger partial charge on any atom is -0.208 e. The van der Waals surface area contributed by atoms with Crippen LogP contribution in [0.2, 0.25) is 0 Å². The van der Waals surface area contributed by atoms with Gasteiger partial charge in [0, 0.05) is 44.8 Å². The third-order valence-electron chi connectivity index (χ3n) is 0.865. The van der Waals surface area contributed by atoms with Crippen molar-refractivity contribution in [1.29, 1.82) is 0 Å². The molecule has 0 amide bonds. The Morgan fingerprint density at radius 3 is 1.50 bits per heavy atom. The van der Waals surface area contributed by atoms with Crippen LogP contribution in [-0.4, -0.2) is 0 Å². The summed E-state index contributed by atoms with van der Waals surface area (Å²) in [4.78, 5) is 0. The van der Waals surface area contributed by atoms with Crippen LogP contribution < -0.4 is 4.57 Å². The molecule has 0 atom stereocenters. The molecule has 0 unspecified atom stereocenters. The predicted octanol–water partition coefficient (Wildman–Crippen LogP) is 1.53. The molecule has 0 aliphatic heterocycles. The van der Waals surface area contributed by atoms with Crippen molar-refractivity contribution in [2.24, 2.45) is 7.05 Å². The molecule has 0 saturated carbocycles. The van der Waals surface area contributed by atoms with Crippen molar-refractivity contribution in [3.05, 3.63) is 30.6 Å². The zero-order valence-corrected chi connectivity index (χ0v) is 9.75. The molecule has 0 fully saturated rings. The van der Waals surface area contributed by atoms with E-state index in [-0.39, 0.29) is 32.7 Å². The van der Waals surface area contributed by atoms with Crippen molar-refractivity contribution >= 4 is 0 Å². The minimum absolute atomic E-state index is 0. The van der Waals surface area contributed by atoms with Crippen LogP contribution in [0.5, 0.6) is 0 Å². The Labute approximate surface area is 88.3 Å². The third-order valence-corrected chi connectivity index (χ3v) is 0.865. The summed E-state index contributed by atoms with van der Waals surface area (Å²) in [6.45, 7) is 4.00. The number of pyridine rings is 1. The van der Waals surface area contributed by atoms with Crippen LogP contribution in [0.1, 0.15) is 13.8 Å². The quantitative estimate of drug-likeness (QED) is 0.575. The van der Waals surface area contributed by atoms with Crippen molar-refractivity contribution in [3.8, 4) is 0 Å². The number of aromatic nitrogens is 1. The maximum Gasteiger partial charge on any atom is 0.168 e. The van der Waals surface area contributed by atoms with Gasteiger partial charge in [-0.1, -0.05) is 19.9 Å². The molecule has 1 aromatic heterocycles. The molecule has 0 N–H and O–H groups in total. The zero-order valence-electron chi connectivity index (χ0n) is 6.91. The molecule has 0 saturated heterocycles. The van der Waals surface area contributed by atoms with Crippen molar-refractivity contribution < 1.29 is 37.3 Å².